The highest BCUT2D eigenvalue weighted by Gasteiger charge is 2.46. The van der Waals surface area contributed by atoms with E-state index in [1.807, 2.05) is 54.6 Å². The zero-order valence-electron chi connectivity index (χ0n) is 33.1. The first-order chi connectivity index (χ1) is 29.2. The highest BCUT2D eigenvalue weighted by molar-refractivity contribution is 6.27. The van der Waals surface area contributed by atoms with Gasteiger partial charge in [0.05, 0.1) is 23.2 Å². The zero-order chi connectivity index (χ0) is 41.1. The van der Waals surface area contributed by atoms with Gasteiger partial charge in [-0.2, -0.15) is 5.10 Å². The molecule has 11 rings (SSSR count). The molecule has 4 atom stereocenters. The third-order valence-electron chi connectivity index (χ3n) is 13.4. The summed E-state index contributed by atoms with van der Waals surface area (Å²) in [4.78, 5) is 64.9. The number of anilines is 2. The molecule has 4 unspecified atom stereocenters. The van der Waals surface area contributed by atoms with Crippen LogP contribution < -0.4 is 20.7 Å². The SMILES string of the molecule is Nc1ncnc2c1c(-c1ccc(Oc3ccccc3)cc1)nn2C1CCC(CN2CC3CCC2CN3c2cc3c(cc2F)CN(C2CCC(=O)NC2=O)C3C(=O)C=O)CC1. The molecule has 5 fully saturated rings. The van der Waals surface area contributed by atoms with Crippen LogP contribution >= 0.6 is 0 Å². The Hall–Kier alpha value is -6.06. The maximum Gasteiger partial charge on any atom is 0.243 e. The largest absolute Gasteiger partial charge is 0.457 e. The third kappa shape index (κ3) is 6.88. The maximum absolute atomic E-state index is 16.0. The highest BCUT2D eigenvalue weighted by Crippen LogP contribution is 2.44. The summed E-state index contributed by atoms with van der Waals surface area (Å²) in [6.45, 7) is 2.60. The minimum absolute atomic E-state index is 0.102. The van der Waals surface area contributed by atoms with E-state index in [0.29, 0.717) is 35.1 Å². The number of hydrogen-bond acceptors (Lipinski definition) is 12. The van der Waals surface area contributed by atoms with E-state index in [-0.39, 0.29) is 55.5 Å². The quantitative estimate of drug-likeness (QED) is 0.103. The lowest BCUT2D eigenvalue weighted by atomic mass is 9.83. The number of fused-ring (bicyclic) bond motifs is 5. The van der Waals surface area contributed by atoms with E-state index in [1.54, 1.807) is 11.0 Å². The first-order valence-electron chi connectivity index (χ1n) is 21.0. The summed E-state index contributed by atoms with van der Waals surface area (Å²) in [6.07, 6.45) is 8.11. The molecule has 4 saturated heterocycles. The minimum atomic E-state index is -1.00. The summed E-state index contributed by atoms with van der Waals surface area (Å²) in [6, 6.07) is 19.5. The number of halogens is 1. The van der Waals surface area contributed by atoms with Crippen LogP contribution in [0.25, 0.3) is 22.3 Å². The number of amides is 2. The average Bonchev–Trinajstić information content (AvgIpc) is 3.84. The predicted molar refractivity (Wildman–Crippen MR) is 220 cm³/mol. The van der Waals surface area contributed by atoms with E-state index >= 15 is 4.39 Å². The minimum Gasteiger partial charge on any atom is -0.457 e. The smallest absolute Gasteiger partial charge is 0.243 e. The molecule has 1 saturated carbocycles. The van der Waals surface area contributed by atoms with Crippen molar-refractivity contribution in [2.75, 3.05) is 30.3 Å². The van der Waals surface area contributed by atoms with Gasteiger partial charge in [-0.05, 0) is 111 Å². The van der Waals surface area contributed by atoms with Crippen molar-refractivity contribution in [2.45, 2.75) is 88.1 Å². The summed E-state index contributed by atoms with van der Waals surface area (Å²) >= 11 is 0. The Labute approximate surface area is 345 Å². The summed E-state index contributed by atoms with van der Waals surface area (Å²) in [5, 5.41) is 8.22. The number of ketones is 1. The molecule has 2 aromatic heterocycles. The van der Waals surface area contributed by atoms with Gasteiger partial charge in [-0.3, -0.25) is 34.3 Å². The molecule has 0 spiro atoms. The standard InChI is InChI=1S/C45H46FN9O5/c46-35-18-28-21-54(36-16-17-39(58)50-45(36)59)42(38(57)24-56)34(28)19-37(35)53-23-30-12-13-31(53)22-52(30)20-26-6-10-29(11-7-26)55-44-40(43(47)48-25-49-44)41(51-55)27-8-14-33(15-9-27)60-32-4-2-1-3-5-32/h1-5,8-9,14-15,18-19,24-26,29-31,36,42H,6-7,10-13,16-17,20-23H2,(H2,47,48,49)(H,50,58,59). The van der Waals surface area contributed by atoms with Crippen LogP contribution in [0.5, 0.6) is 11.5 Å². The van der Waals surface area contributed by atoms with Gasteiger partial charge >= 0.3 is 0 Å². The maximum atomic E-state index is 16.0. The Kier molecular flexibility index (Phi) is 9.87. The lowest BCUT2D eigenvalue weighted by molar-refractivity contribution is -0.141. The molecule has 1 aliphatic carbocycles. The van der Waals surface area contributed by atoms with Crippen molar-refractivity contribution in [1.29, 1.82) is 0 Å². The molecular weight excluding hydrogens is 766 g/mol. The fourth-order valence-electron chi connectivity index (χ4n) is 10.5. The number of piperidine rings is 3. The number of carbonyl (C=O) groups is 4. The van der Waals surface area contributed by atoms with Crippen LogP contribution in [0.15, 0.2) is 73.1 Å². The van der Waals surface area contributed by atoms with Gasteiger partial charge in [0, 0.05) is 50.2 Å². The van der Waals surface area contributed by atoms with Crippen molar-refractivity contribution in [3.8, 4) is 22.8 Å². The molecule has 5 aliphatic heterocycles. The number of hydrogen-bond donors (Lipinski definition) is 2. The lowest BCUT2D eigenvalue weighted by Crippen LogP contribution is -2.63. The second-order valence-corrected chi connectivity index (χ2v) is 16.9. The molecule has 6 aliphatic rings. The molecule has 60 heavy (non-hydrogen) atoms. The summed E-state index contributed by atoms with van der Waals surface area (Å²) in [5.74, 6) is 0.481. The number of aromatic nitrogens is 4. The van der Waals surface area contributed by atoms with Gasteiger partial charge in [0.2, 0.25) is 17.6 Å². The molecule has 15 heteroatoms. The van der Waals surface area contributed by atoms with E-state index in [4.69, 9.17) is 15.6 Å². The van der Waals surface area contributed by atoms with E-state index < -0.39 is 23.8 Å². The third-order valence-corrected chi connectivity index (χ3v) is 13.4. The molecule has 5 aromatic rings. The van der Waals surface area contributed by atoms with Crippen LogP contribution in [-0.2, 0) is 25.7 Å². The molecule has 3 aromatic carbocycles. The topological polar surface area (TPSA) is 169 Å². The van der Waals surface area contributed by atoms with E-state index in [9.17, 15) is 19.2 Å². The fraction of sp³-hybridized carbons (Fsp3) is 0.400. The van der Waals surface area contributed by atoms with Crippen molar-refractivity contribution >= 4 is 46.4 Å². The molecule has 0 radical (unpaired) electrons. The van der Waals surface area contributed by atoms with E-state index in [1.165, 1.54) is 12.4 Å². The Bertz CT molecular complexity index is 2490. The molecule has 308 valence electrons. The molecule has 14 nitrogen and oxygen atoms in total. The number of nitrogen functional groups attached to an aromatic ring is 1. The number of imide groups is 1. The van der Waals surface area contributed by atoms with Crippen molar-refractivity contribution in [2.24, 2.45) is 5.92 Å². The van der Waals surface area contributed by atoms with Crippen LogP contribution in [0.2, 0.25) is 0 Å². The Morgan fingerprint density at radius 3 is 2.38 bits per heavy atom. The van der Waals surface area contributed by atoms with Crippen molar-refractivity contribution in [3.63, 3.8) is 0 Å². The van der Waals surface area contributed by atoms with E-state index in [2.05, 4.69) is 29.8 Å². The number of nitrogens with zero attached hydrogens (tertiary/aromatic N) is 7. The number of rotatable bonds is 10. The number of para-hydroxylation sites is 1. The summed E-state index contributed by atoms with van der Waals surface area (Å²) in [5.41, 5.74) is 10.4. The number of Topliss-reactive ketones (excluding diaryl/α,β-unsaturated/α-hetero) is 1. The highest BCUT2D eigenvalue weighted by atomic mass is 19.1. The Balaban J connectivity index is 0.806. The van der Waals surface area contributed by atoms with Gasteiger partial charge in [-0.25, -0.2) is 19.0 Å². The molecule has 7 heterocycles. The van der Waals surface area contributed by atoms with Crippen molar-refractivity contribution in [3.05, 3.63) is 90.0 Å². The van der Waals surface area contributed by atoms with Crippen LogP contribution in [0.3, 0.4) is 0 Å². The number of benzene rings is 3. The molecule has 3 N–H and O–H groups in total. The lowest BCUT2D eigenvalue weighted by Gasteiger charge is -2.53. The number of nitrogens with two attached hydrogens (primary N) is 1. The van der Waals surface area contributed by atoms with Crippen molar-refractivity contribution in [1.82, 2.24) is 34.9 Å². The monoisotopic (exact) mass is 811 g/mol. The van der Waals surface area contributed by atoms with Crippen LogP contribution in [0, 0.1) is 11.7 Å². The second kappa shape index (κ2) is 15.5. The number of ether oxygens (including phenoxy) is 1. The summed E-state index contributed by atoms with van der Waals surface area (Å²) < 4.78 is 24.1. The molecule has 2 bridgehead atoms. The fourth-order valence-corrected chi connectivity index (χ4v) is 10.5. The van der Waals surface area contributed by atoms with Gasteiger partial charge in [0.25, 0.3) is 0 Å². The molecular formula is C45H46FN9O5. The Morgan fingerprint density at radius 2 is 1.65 bits per heavy atom. The number of nitrogens with one attached hydrogen (secondary N) is 1. The van der Waals surface area contributed by atoms with Gasteiger partial charge in [0.15, 0.2) is 11.9 Å². The van der Waals surface area contributed by atoms with Gasteiger partial charge in [-0.15, -0.1) is 0 Å². The van der Waals surface area contributed by atoms with Gasteiger partial charge < -0.3 is 15.4 Å². The second-order valence-electron chi connectivity index (χ2n) is 16.9. The van der Waals surface area contributed by atoms with E-state index in [0.717, 1.165) is 85.4 Å². The zero-order valence-corrected chi connectivity index (χ0v) is 33.1. The van der Waals surface area contributed by atoms with Gasteiger partial charge in [-0.1, -0.05) is 18.2 Å². The first kappa shape index (κ1) is 38.2. The summed E-state index contributed by atoms with van der Waals surface area (Å²) in [7, 11) is 0. The number of carbonyl (C=O) groups excluding carboxylic acids is 4. The number of piperazine rings is 1. The van der Waals surface area contributed by atoms with Gasteiger partial charge in [0.1, 0.15) is 41.2 Å². The van der Waals surface area contributed by atoms with Crippen LogP contribution in [0.1, 0.15) is 74.6 Å². The molecule has 2 amide bonds. The number of aldehydes is 1. The van der Waals surface area contributed by atoms with Crippen LogP contribution in [-0.4, -0.2) is 91.2 Å². The normalized spacial score (nSPS) is 25.6. The average molecular weight is 812 g/mol. The first-order valence-corrected chi connectivity index (χ1v) is 21.0. The van der Waals surface area contributed by atoms with Crippen LogP contribution in [0.4, 0.5) is 15.9 Å². The van der Waals surface area contributed by atoms with Crippen molar-refractivity contribution < 1.29 is 28.3 Å². The predicted octanol–water partition coefficient (Wildman–Crippen LogP) is 5.52. The Morgan fingerprint density at radius 1 is 0.900 bits per heavy atom.